The van der Waals surface area contributed by atoms with Crippen molar-refractivity contribution < 1.29 is 26.5 Å². The maximum absolute atomic E-state index is 5.62. The Labute approximate surface area is 623 Å². The third-order valence-electron chi connectivity index (χ3n) is 13.9. The number of aryl methyl sites for hydroxylation is 6. The Morgan fingerprint density at radius 3 is 0.769 bits per heavy atom. The van der Waals surface area contributed by atoms with E-state index in [2.05, 4.69) is 132 Å². The molecule has 0 radical (unpaired) electrons. The number of nitrogens with zero attached hydrogens (tertiary/aromatic N) is 23. The number of anilines is 18. The molecular formula is C66H96N36O6. The molecular weight excluding hydrogens is 1390 g/mol. The van der Waals surface area contributed by atoms with Gasteiger partial charge in [-0.3, -0.25) is 0 Å². The first-order valence-corrected chi connectivity index (χ1v) is 33.3. The minimum absolute atomic E-state index is 0.106. The summed E-state index contributed by atoms with van der Waals surface area (Å²) in [4.78, 5) is 82.8. The summed E-state index contributed by atoms with van der Waals surface area (Å²) in [7, 11) is 21.9. The molecule has 0 aliphatic heterocycles. The predicted molar refractivity (Wildman–Crippen MR) is 416 cm³/mol. The fourth-order valence-corrected chi connectivity index (χ4v) is 8.72. The first-order valence-electron chi connectivity index (χ1n) is 33.3. The van der Waals surface area contributed by atoms with Gasteiger partial charge in [0.2, 0.25) is 107 Å². The van der Waals surface area contributed by atoms with Crippen LogP contribution in [0, 0.1) is 41.5 Å². The van der Waals surface area contributed by atoms with E-state index in [-0.39, 0.29) is 29.7 Å². The molecule has 0 atom stereocenters. The summed E-state index contributed by atoms with van der Waals surface area (Å²) < 4.78 is 32.8. The molecule has 42 heteroatoms. The second-order valence-corrected chi connectivity index (χ2v) is 23.8. The van der Waals surface area contributed by atoms with Crippen molar-refractivity contribution in [3.8, 4) is 0 Å². The molecule has 0 amide bonds. The second kappa shape index (κ2) is 39.7. The molecule has 0 bridgehead atoms. The molecule has 12 heterocycles. The van der Waals surface area contributed by atoms with E-state index >= 15 is 0 Å². The number of nitrogens with two attached hydrogens (primary N) is 5. The molecule has 0 fully saturated rings. The number of rotatable bonds is 25. The summed E-state index contributed by atoms with van der Waals surface area (Å²) in [5, 5.41) is 23.7. The van der Waals surface area contributed by atoms with Gasteiger partial charge < -0.3 is 122 Å². The molecule has 12 rings (SSSR count). The van der Waals surface area contributed by atoms with Gasteiger partial charge in [-0.15, -0.1) is 0 Å². The SMILES string of the molecule is CNc1nc(N)nc(N(C)Cc2ccc(C)o2)n1.CNc1nc(N)nc(NCc2ccc(C)o2)n1.CNc1nc(NC)nc(NCc2ccc(C)o2)n1.Cc1ccc(CN(C)c2nc(N)nc(N)n2)o1.Cc1ccc(CNc2nc(N(C)C)nc(N(C)C)n2)o1.Cc1ccc(CNc2nc(N)nc(N(C)C)n2)o1. The summed E-state index contributed by atoms with van der Waals surface area (Å²) >= 11 is 0. The Bertz CT molecular complexity index is 4610. The fourth-order valence-electron chi connectivity index (χ4n) is 8.72. The Hall–Kier alpha value is -13.9. The van der Waals surface area contributed by atoms with Gasteiger partial charge in [-0.2, -0.15) is 89.7 Å². The van der Waals surface area contributed by atoms with Crippen LogP contribution in [0.25, 0.3) is 0 Å². The lowest BCUT2D eigenvalue weighted by molar-refractivity contribution is 0.480. The Kier molecular flexibility index (Phi) is 29.9. The van der Waals surface area contributed by atoms with E-state index < -0.39 is 0 Å². The molecule has 12 aromatic heterocycles. The molecule has 576 valence electrons. The van der Waals surface area contributed by atoms with Gasteiger partial charge in [0.25, 0.3) is 0 Å². The fraction of sp³-hybridized carbons (Fsp3) is 0.364. The summed E-state index contributed by atoms with van der Waals surface area (Å²) in [5.41, 5.74) is 27.8. The summed E-state index contributed by atoms with van der Waals surface area (Å²) in [6, 6.07) is 23.0. The zero-order valence-electron chi connectivity index (χ0n) is 63.8. The normalized spacial score (nSPS) is 10.4. The van der Waals surface area contributed by atoms with Crippen LogP contribution in [0.4, 0.5) is 107 Å². The maximum Gasteiger partial charge on any atom is 0.232 e. The minimum atomic E-state index is 0.106. The van der Waals surface area contributed by atoms with Crippen LogP contribution < -0.4 is 95.7 Å². The van der Waals surface area contributed by atoms with Crippen molar-refractivity contribution in [1.29, 1.82) is 0 Å². The second-order valence-electron chi connectivity index (χ2n) is 23.8. The van der Waals surface area contributed by atoms with E-state index in [0.717, 1.165) is 69.1 Å². The highest BCUT2D eigenvalue weighted by Gasteiger charge is 2.16. The number of hydrogen-bond donors (Lipinski definition) is 13. The molecule has 108 heavy (non-hydrogen) atoms. The highest BCUT2D eigenvalue weighted by Crippen LogP contribution is 2.21. The van der Waals surface area contributed by atoms with Crippen molar-refractivity contribution in [3.05, 3.63) is 142 Å². The molecule has 0 aliphatic carbocycles. The summed E-state index contributed by atoms with van der Waals surface area (Å²) in [6.07, 6.45) is 0. The van der Waals surface area contributed by atoms with E-state index in [9.17, 15) is 0 Å². The van der Waals surface area contributed by atoms with Gasteiger partial charge in [-0.1, -0.05) is 0 Å². The van der Waals surface area contributed by atoms with Crippen molar-refractivity contribution in [3.63, 3.8) is 0 Å². The lowest BCUT2D eigenvalue weighted by atomic mass is 10.4. The van der Waals surface area contributed by atoms with Crippen molar-refractivity contribution in [1.82, 2.24) is 89.7 Å². The van der Waals surface area contributed by atoms with Crippen molar-refractivity contribution in [2.75, 3.05) is 180 Å². The van der Waals surface area contributed by atoms with E-state index in [0.29, 0.717) is 117 Å². The van der Waals surface area contributed by atoms with Gasteiger partial charge in [0, 0.05) is 84.6 Å². The number of furan rings is 6. The molecule has 42 nitrogen and oxygen atoms in total. The van der Waals surface area contributed by atoms with Crippen LogP contribution in [0.1, 0.15) is 69.1 Å². The van der Waals surface area contributed by atoms with Crippen molar-refractivity contribution in [2.24, 2.45) is 0 Å². The van der Waals surface area contributed by atoms with Crippen molar-refractivity contribution in [2.45, 2.75) is 80.8 Å². The van der Waals surface area contributed by atoms with Gasteiger partial charge in [-0.05, 0) is 114 Å². The lowest BCUT2D eigenvalue weighted by Gasteiger charge is -2.16. The van der Waals surface area contributed by atoms with Gasteiger partial charge in [-0.25, -0.2) is 0 Å². The molecule has 0 aromatic carbocycles. The van der Waals surface area contributed by atoms with Crippen LogP contribution in [-0.2, 0) is 39.3 Å². The van der Waals surface area contributed by atoms with Crippen LogP contribution in [-0.4, -0.2) is 174 Å². The highest BCUT2D eigenvalue weighted by molar-refractivity contribution is 5.47. The zero-order valence-corrected chi connectivity index (χ0v) is 63.8. The molecule has 0 saturated carbocycles. The number of nitrogen functional groups attached to an aromatic ring is 5. The van der Waals surface area contributed by atoms with Gasteiger partial charge in [0.05, 0.1) is 39.3 Å². The van der Waals surface area contributed by atoms with Gasteiger partial charge >= 0.3 is 0 Å². The number of aromatic nitrogens is 18. The lowest BCUT2D eigenvalue weighted by Crippen LogP contribution is -2.20. The third kappa shape index (κ3) is 27.1. The minimum Gasteiger partial charge on any atom is -0.465 e. The quantitative estimate of drug-likeness (QED) is 0.0285. The smallest absolute Gasteiger partial charge is 0.232 e. The first-order chi connectivity index (χ1) is 51.5. The van der Waals surface area contributed by atoms with Gasteiger partial charge in [0.15, 0.2) is 0 Å². The standard InChI is InChI=1S/C13H20N6O.3C11H16N6O.2C10H14N6O/c1-9-6-7-10(20-9)8-14-11-15-12(18(2)3)17-13(16-11)19(4)5;1-7-4-5-8(18-7)6-13-10-14-9(12)15-11(16-10)17(2)3;1-7-4-5-8(18-7)6-17(3)11-15-9(12)14-10(13-2)16-11;1-7-4-5-8(18-7)6-14-11-16-9(12-2)15-10(13-3)17-11;1-6-3-4-7(17-6)5-16(2)10-14-8(11)13-9(12)15-10;1-6-3-4-7(17-6)5-13-10-15-8(11)14-9(12-2)16-10/h6-7H,8H2,1-5H3,(H,14,15,16,17);2*4-5H,6H2,1-3H3,(H3,12,13,14,15,16);4-5H,6H2,1-3H3,(H3,12,13,14,15,16,17);3-4H,5H2,1-2H3,(H4,11,12,13,14,15);3-4H,5H2,1-2H3,(H4,11,12,13,14,15,16). The van der Waals surface area contributed by atoms with Crippen LogP contribution >= 0.6 is 0 Å². The van der Waals surface area contributed by atoms with Crippen LogP contribution in [0.5, 0.6) is 0 Å². The zero-order chi connectivity index (χ0) is 78.6. The van der Waals surface area contributed by atoms with E-state index in [1.165, 1.54) is 0 Å². The topological polar surface area (TPSA) is 553 Å². The molecule has 18 N–H and O–H groups in total. The third-order valence-corrected chi connectivity index (χ3v) is 13.9. The molecule has 0 aliphatic rings. The van der Waals surface area contributed by atoms with Crippen LogP contribution in [0.15, 0.2) is 99.3 Å². The number of nitrogens with one attached hydrogen (secondary N) is 8. The maximum atomic E-state index is 5.62. The van der Waals surface area contributed by atoms with Gasteiger partial charge in [0.1, 0.15) is 69.1 Å². The van der Waals surface area contributed by atoms with Crippen LogP contribution in [0.3, 0.4) is 0 Å². The van der Waals surface area contributed by atoms with E-state index in [4.69, 9.17) is 55.2 Å². The Morgan fingerprint density at radius 1 is 0.250 bits per heavy atom. The molecule has 0 saturated heterocycles. The molecule has 0 spiro atoms. The highest BCUT2D eigenvalue weighted by atomic mass is 16.4. The van der Waals surface area contributed by atoms with E-state index in [1.807, 2.05) is 185 Å². The average molecular weight is 1490 g/mol. The summed E-state index contributed by atoms with van der Waals surface area (Å²) in [5.74, 6) is 17.4. The monoisotopic (exact) mass is 1490 g/mol. The largest absolute Gasteiger partial charge is 0.465 e. The Balaban J connectivity index is 0.000000181. The summed E-state index contributed by atoms with van der Waals surface area (Å²) in [6.45, 7) is 14.6. The predicted octanol–water partition coefficient (Wildman–Crippen LogP) is 6.64. The Morgan fingerprint density at radius 2 is 0.463 bits per heavy atom. The van der Waals surface area contributed by atoms with Crippen molar-refractivity contribution >= 4 is 107 Å². The number of hydrogen-bond acceptors (Lipinski definition) is 42. The van der Waals surface area contributed by atoms with E-state index in [1.54, 1.807) is 38.0 Å². The molecule has 0 unspecified atom stereocenters. The van der Waals surface area contributed by atoms with Crippen LogP contribution in [0.2, 0.25) is 0 Å². The average Bonchev–Trinajstić information content (AvgIpc) is 1.85. The first kappa shape index (κ1) is 81.4. The molecule has 12 aromatic rings.